The van der Waals surface area contributed by atoms with Crippen LogP contribution in [0.3, 0.4) is 0 Å². The third-order valence-electron chi connectivity index (χ3n) is 3.66. The van der Waals surface area contributed by atoms with Crippen molar-refractivity contribution in [3.8, 4) is 0 Å². The van der Waals surface area contributed by atoms with E-state index in [0.29, 0.717) is 6.10 Å². The van der Waals surface area contributed by atoms with Gasteiger partial charge in [0.1, 0.15) is 0 Å². The van der Waals surface area contributed by atoms with Gasteiger partial charge in [0.15, 0.2) is 0 Å². The highest BCUT2D eigenvalue weighted by molar-refractivity contribution is 5.09. The number of nitrogens with one attached hydrogen (secondary N) is 1. The molecule has 4 heteroatoms. The van der Waals surface area contributed by atoms with Gasteiger partial charge in [-0.05, 0) is 50.5 Å². The summed E-state index contributed by atoms with van der Waals surface area (Å²) in [5.74, 6) is 5.63. The lowest BCUT2D eigenvalue weighted by Gasteiger charge is -2.26. The summed E-state index contributed by atoms with van der Waals surface area (Å²) >= 11 is 0. The minimum absolute atomic E-state index is 0.251. The van der Waals surface area contributed by atoms with Crippen LogP contribution < -0.4 is 11.3 Å². The van der Waals surface area contributed by atoms with Gasteiger partial charge in [0.05, 0.1) is 19.0 Å². The zero-order chi connectivity index (χ0) is 11.9. The molecule has 0 aromatic heterocycles. The van der Waals surface area contributed by atoms with Gasteiger partial charge in [0, 0.05) is 12.6 Å². The van der Waals surface area contributed by atoms with E-state index in [-0.39, 0.29) is 6.04 Å². The summed E-state index contributed by atoms with van der Waals surface area (Å²) in [5, 5.41) is 0. The fraction of sp³-hybridized carbons (Fsp3) is 0.846. The first kappa shape index (κ1) is 12.9. The molecular formula is C13H24N2O2. The summed E-state index contributed by atoms with van der Waals surface area (Å²) in [6.45, 7) is 1.77. The molecule has 1 fully saturated rings. The van der Waals surface area contributed by atoms with Gasteiger partial charge in [-0.15, -0.1) is 0 Å². The summed E-state index contributed by atoms with van der Waals surface area (Å²) < 4.78 is 11.1. The van der Waals surface area contributed by atoms with E-state index < -0.39 is 0 Å². The molecule has 0 saturated carbocycles. The van der Waals surface area contributed by atoms with Gasteiger partial charge < -0.3 is 9.47 Å². The minimum atomic E-state index is 0.251. The molecule has 0 bridgehead atoms. The highest BCUT2D eigenvalue weighted by Gasteiger charge is 2.19. The molecule has 0 aliphatic carbocycles. The van der Waals surface area contributed by atoms with Gasteiger partial charge in [-0.2, -0.15) is 0 Å². The number of ether oxygens (including phenoxy) is 2. The Bertz CT molecular complexity index is 250. The Morgan fingerprint density at radius 1 is 1.35 bits per heavy atom. The lowest BCUT2D eigenvalue weighted by molar-refractivity contribution is 0.00896. The molecule has 0 aromatic rings. The molecule has 2 heterocycles. The van der Waals surface area contributed by atoms with Crippen molar-refractivity contribution < 1.29 is 9.47 Å². The van der Waals surface area contributed by atoms with Crippen molar-refractivity contribution >= 4 is 0 Å². The topological polar surface area (TPSA) is 56.5 Å². The fourth-order valence-corrected chi connectivity index (χ4v) is 2.60. The first-order chi connectivity index (χ1) is 8.40. The first-order valence-electron chi connectivity index (χ1n) is 6.78. The number of hydrazine groups is 1. The number of hydrogen-bond donors (Lipinski definition) is 2. The monoisotopic (exact) mass is 240 g/mol. The second kappa shape index (κ2) is 6.99. The van der Waals surface area contributed by atoms with Crippen molar-refractivity contribution in [1.82, 2.24) is 5.43 Å². The van der Waals surface area contributed by atoms with E-state index in [1.165, 1.54) is 24.8 Å². The molecule has 17 heavy (non-hydrogen) atoms. The van der Waals surface area contributed by atoms with Crippen molar-refractivity contribution in [1.29, 1.82) is 0 Å². The maximum absolute atomic E-state index is 5.74. The van der Waals surface area contributed by atoms with Crippen molar-refractivity contribution in [3.63, 3.8) is 0 Å². The molecule has 2 aliphatic rings. The van der Waals surface area contributed by atoms with Crippen LogP contribution >= 0.6 is 0 Å². The molecule has 4 nitrogen and oxygen atoms in total. The van der Waals surface area contributed by atoms with Crippen LogP contribution in [0.5, 0.6) is 0 Å². The van der Waals surface area contributed by atoms with E-state index in [2.05, 4.69) is 5.43 Å². The average Bonchev–Trinajstić information content (AvgIpc) is 2.42. The third kappa shape index (κ3) is 3.98. The summed E-state index contributed by atoms with van der Waals surface area (Å²) in [6.07, 6.45) is 10.4. The Morgan fingerprint density at radius 2 is 2.29 bits per heavy atom. The zero-order valence-corrected chi connectivity index (χ0v) is 10.5. The van der Waals surface area contributed by atoms with Crippen LogP contribution in [0.2, 0.25) is 0 Å². The van der Waals surface area contributed by atoms with Crippen LogP contribution in [0.4, 0.5) is 0 Å². The van der Waals surface area contributed by atoms with Gasteiger partial charge >= 0.3 is 0 Å². The SMILES string of the molecule is NNC(CCC1CCCCO1)C1=COCCC1. The second-order valence-corrected chi connectivity index (χ2v) is 4.95. The van der Waals surface area contributed by atoms with Crippen LogP contribution in [-0.4, -0.2) is 25.4 Å². The van der Waals surface area contributed by atoms with Crippen LogP contribution in [0.1, 0.15) is 44.9 Å². The molecule has 1 saturated heterocycles. The molecule has 0 amide bonds. The van der Waals surface area contributed by atoms with Gasteiger partial charge in [-0.3, -0.25) is 11.3 Å². The average molecular weight is 240 g/mol. The predicted octanol–water partition coefficient (Wildman–Crippen LogP) is 1.86. The number of nitrogens with two attached hydrogens (primary N) is 1. The van der Waals surface area contributed by atoms with Gasteiger partial charge in [0.25, 0.3) is 0 Å². The standard InChI is InChI=1S/C13H24N2O2/c14-15-13(11-4-3-8-16-10-11)7-6-12-5-1-2-9-17-12/h10,12-13,15H,1-9,14H2. The van der Waals surface area contributed by atoms with Gasteiger partial charge in [-0.25, -0.2) is 0 Å². The molecule has 3 N–H and O–H groups in total. The Hall–Kier alpha value is -0.580. The van der Waals surface area contributed by atoms with Crippen molar-refractivity contribution in [2.45, 2.75) is 57.1 Å². The highest BCUT2D eigenvalue weighted by atomic mass is 16.5. The van der Waals surface area contributed by atoms with E-state index in [1.807, 2.05) is 6.26 Å². The van der Waals surface area contributed by atoms with E-state index in [1.54, 1.807) is 0 Å². The molecule has 2 aliphatic heterocycles. The fourth-order valence-electron chi connectivity index (χ4n) is 2.60. The number of hydrogen-bond acceptors (Lipinski definition) is 4. The smallest absolute Gasteiger partial charge is 0.0876 e. The van der Waals surface area contributed by atoms with E-state index in [9.17, 15) is 0 Å². The van der Waals surface area contributed by atoms with Gasteiger partial charge in [0.2, 0.25) is 0 Å². The molecule has 0 spiro atoms. The molecule has 2 atom stereocenters. The predicted molar refractivity (Wildman–Crippen MR) is 67.2 cm³/mol. The minimum Gasteiger partial charge on any atom is -0.501 e. The van der Waals surface area contributed by atoms with E-state index in [4.69, 9.17) is 15.3 Å². The summed E-state index contributed by atoms with van der Waals surface area (Å²) in [4.78, 5) is 0. The Balaban J connectivity index is 1.76. The van der Waals surface area contributed by atoms with Crippen molar-refractivity contribution in [3.05, 3.63) is 11.8 Å². The molecule has 98 valence electrons. The molecular weight excluding hydrogens is 216 g/mol. The largest absolute Gasteiger partial charge is 0.501 e. The lowest BCUT2D eigenvalue weighted by Crippen LogP contribution is -2.38. The van der Waals surface area contributed by atoms with Gasteiger partial charge in [-0.1, -0.05) is 0 Å². The van der Waals surface area contributed by atoms with E-state index >= 15 is 0 Å². The normalized spacial score (nSPS) is 27.1. The quantitative estimate of drug-likeness (QED) is 0.569. The third-order valence-corrected chi connectivity index (χ3v) is 3.66. The first-order valence-corrected chi connectivity index (χ1v) is 6.78. The van der Waals surface area contributed by atoms with E-state index in [0.717, 1.165) is 38.9 Å². The molecule has 2 rings (SSSR count). The maximum Gasteiger partial charge on any atom is 0.0876 e. The molecule has 2 unspecified atom stereocenters. The highest BCUT2D eigenvalue weighted by Crippen LogP contribution is 2.22. The van der Waals surface area contributed by atoms with Crippen LogP contribution in [0, 0.1) is 0 Å². The Morgan fingerprint density at radius 3 is 2.94 bits per heavy atom. The Labute approximate surface area is 104 Å². The maximum atomic E-state index is 5.74. The lowest BCUT2D eigenvalue weighted by atomic mass is 9.95. The Kier molecular flexibility index (Phi) is 5.29. The zero-order valence-electron chi connectivity index (χ0n) is 10.5. The summed E-state index contributed by atoms with van der Waals surface area (Å²) in [5.41, 5.74) is 4.21. The summed E-state index contributed by atoms with van der Waals surface area (Å²) in [6, 6.07) is 0.251. The molecule has 0 radical (unpaired) electrons. The van der Waals surface area contributed by atoms with Crippen LogP contribution in [0.25, 0.3) is 0 Å². The van der Waals surface area contributed by atoms with Crippen molar-refractivity contribution in [2.75, 3.05) is 13.2 Å². The van der Waals surface area contributed by atoms with Crippen LogP contribution in [0.15, 0.2) is 11.8 Å². The summed E-state index contributed by atoms with van der Waals surface area (Å²) in [7, 11) is 0. The second-order valence-electron chi connectivity index (χ2n) is 4.95. The van der Waals surface area contributed by atoms with Crippen molar-refractivity contribution in [2.24, 2.45) is 5.84 Å². The molecule has 0 aromatic carbocycles. The number of rotatable bonds is 5. The van der Waals surface area contributed by atoms with Crippen LogP contribution in [-0.2, 0) is 9.47 Å².